The van der Waals surface area contributed by atoms with Crippen molar-refractivity contribution in [2.45, 2.75) is 37.3 Å². The molecule has 120 valence electrons. The quantitative estimate of drug-likeness (QED) is 0.836. The van der Waals surface area contributed by atoms with Gasteiger partial charge in [-0.2, -0.15) is 0 Å². The molecule has 0 radical (unpaired) electrons. The summed E-state index contributed by atoms with van der Waals surface area (Å²) in [6.07, 6.45) is 3.91. The molecule has 6 rings (SSSR count). The summed E-state index contributed by atoms with van der Waals surface area (Å²) in [5.41, 5.74) is 8.71. The van der Waals surface area contributed by atoms with Crippen LogP contribution in [0.5, 0.6) is 0 Å². The van der Waals surface area contributed by atoms with Crippen molar-refractivity contribution >= 4 is 16.6 Å². The third-order valence-electron chi connectivity index (χ3n) is 6.59. The van der Waals surface area contributed by atoms with Crippen LogP contribution >= 0.6 is 0 Å². The zero-order chi connectivity index (χ0) is 15.8. The van der Waals surface area contributed by atoms with Crippen LogP contribution in [0.2, 0.25) is 0 Å². The molecule has 4 nitrogen and oxygen atoms in total. The highest BCUT2D eigenvalue weighted by Crippen LogP contribution is 2.64. The van der Waals surface area contributed by atoms with Crippen molar-refractivity contribution in [1.82, 2.24) is 9.88 Å². The van der Waals surface area contributed by atoms with E-state index in [-0.39, 0.29) is 0 Å². The van der Waals surface area contributed by atoms with Gasteiger partial charge >= 0.3 is 0 Å². The lowest BCUT2D eigenvalue weighted by Gasteiger charge is -2.49. The summed E-state index contributed by atoms with van der Waals surface area (Å²) in [4.78, 5) is 7.02. The summed E-state index contributed by atoms with van der Waals surface area (Å²) in [7, 11) is 0. The number of aromatic nitrogens is 1. The van der Waals surface area contributed by atoms with E-state index in [1.807, 2.05) is 18.3 Å². The smallest absolute Gasteiger partial charge is 0.0803 e. The molecule has 5 unspecified atom stereocenters. The van der Waals surface area contributed by atoms with Crippen LogP contribution in [-0.2, 0) is 0 Å². The molecule has 3 aliphatic heterocycles. The zero-order valence-corrected chi connectivity index (χ0v) is 13.4. The van der Waals surface area contributed by atoms with E-state index in [1.165, 1.54) is 10.9 Å². The summed E-state index contributed by atoms with van der Waals surface area (Å²) < 4.78 is 0. The normalized spacial score (nSPS) is 41.0. The van der Waals surface area contributed by atoms with Crippen molar-refractivity contribution in [1.29, 1.82) is 0 Å². The molecule has 1 aromatic carbocycles. The number of hydrogen-bond acceptors (Lipinski definition) is 4. The Bertz CT molecular complexity index is 791. The number of benzene rings is 1. The Morgan fingerprint density at radius 2 is 2.26 bits per heavy atom. The first-order valence-corrected chi connectivity index (χ1v) is 8.73. The molecule has 4 heterocycles. The van der Waals surface area contributed by atoms with Crippen LogP contribution in [0.1, 0.15) is 31.2 Å². The summed E-state index contributed by atoms with van der Waals surface area (Å²) in [6.45, 7) is 4.10. The van der Waals surface area contributed by atoms with Gasteiger partial charge in [-0.1, -0.05) is 6.92 Å². The fraction of sp³-hybridized carbons (Fsp3) is 0.526. The van der Waals surface area contributed by atoms with Crippen LogP contribution in [0.4, 0.5) is 5.69 Å². The van der Waals surface area contributed by atoms with Gasteiger partial charge < -0.3 is 10.8 Å². The minimum absolute atomic E-state index is 0.441. The van der Waals surface area contributed by atoms with Crippen LogP contribution < -0.4 is 5.73 Å². The fourth-order valence-corrected chi connectivity index (χ4v) is 5.44. The van der Waals surface area contributed by atoms with E-state index >= 15 is 0 Å². The van der Waals surface area contributed by atoms with Gasteiger partial charge in [0, 0.05) is 35.8 Å². The molecule has 0 amide bonds. The van der Waals surface area contributed by atoms with Gasteiger partial charge in [-0.15, -0.1) is 0 Å². The molecule has 1 aromatic heterocycles. The Hall–Kier alpha value is -1.65. The Morgan fingerprint density at radius 1 is 1.39 bits per heavy atom. The molecule has 3 N–H and O–H groups in total. The summed E-state index contributed by atoms with van der Waals surface area (Å²) in [5.74, 6) is 1.56. The number of pyridine rings is 1. The van der Waals surface area contributed by atoms with Gasteiger partial charge in [-0.3, -0.25) is 9.88 Å². The van der Waals surface area contributed by atoms with Crippen molar-refractivity contribution in [3.63, 3.8) is 0 Å². The maximum absolute atomic E-state index is 11.0. The van der Waals surface area contributed by atoms with E-state index in [0.717, 1.165) is 37.1 Å². The zero-order valence-electron chi connectivity index (χ0n) is 13.4. The molecule has 0 spiro atoms. The molecule has 6 atom stereocenters. The van der Waals surface area contributed by atoms with Crippen molar-refractivity contribution in [2.75, 3.05) is 18.8 Å². The molecular formula is C19H23N3O. The number of fused-ring (bicyclic) bond motifs is 3. The number of hydrogen-bond donors (Lipinski definition) is 2. The first kappa shape index (κ1) is 13.8. The predicted octanol–water partition coefficient (Wildman–Crippen LogP) is 2.38. The second-order valence-electron chi connectivity index (χ2n) is 7.59. The number of piperidine rings is 3. The number of nitrogen functional groups attached to an aromatic ring is 1. The maximum Gasteiger partial charge on any atom is 0.0803 e. The average Bonchev–Trinajstić information content (AvgIpc) is 3.31. The van der Waals surface area contributed by atoms with E-state index in [9.17, 15) is 5.11 Å². The summed E-state index contributed by atoms with van der Waals surface area (Å²) >= 11 is 0. The Kier molecular flexibility index (Phi) is 2.67. The first-order chi connectivity index (χ1) is 11.1. The van der Waals surface area contributed by atoms with Crippen LogP contribution in [0.25, 0.3) is 10.9 Å². The van der Waals surface area contributed by atoms with Crippen LogP contribution in [0.3, 0.4) is 0 Å². The van der Waals surface area contributed by atoms with Crippen LogP contribution in [-0.4, -0.2) is 39.7 Å². The molecule has 23 heavy (non-hydrogen) atoms. The highest BCUT2D eigenvalue weighted by Gasteiger charge is 2.67. The van der Waals surface area contributed by atoms with Gasteiger partial charge in [0.05, 0.1) is 11.1 Å². The van der Waals surface area contributed by atoms with Gasteiger partial charge in [-0.25, -0.2) is 0 Å². The predicted molar refractivity (Wildman–Crippen MR) is 91.1 cm³/mol. The molecule has 4 heteroatoms. The second-order valence-corrected chi connectivity index (χ2v) is 7.59. The Balaban J connectivity index is 1.60. The molecule has 4 aliphatic rings. The number of nitrogens with zero attached hydrogens (tertiary/aromatic N) is 2. The molecule has 3 saturated heterocycles. The first-order valence-electron chi connectivity index (χ1n) is 8.73. The van der Waals surface area contributed by atoms with Gasteiger partial charge in [0.2, 0.25) is 0 Å². The standard InChI is InChI=1S/C19H23N3O/c1-2-19(23)10-22-8-6-14(19)17-16(18(17)22)12-5-7-21-15-4-3-11(20)9-13(12)15/h3-5,7,9,14,16-18,23H,2,6,8,10,20H2,1H3/t14?,16-,17?,18?,19?/m1/s1. The van der Waals surface area contributed by atoms with Crippen molar-refractivity contribution in [2.24, 2.45) is 11.8 Å². The van der Waals surface area contributed by atoms with Crippen molar-refractivity contribution in [3.8, 4) is 0 Å². The molecular weight excluding hydrogens is 286 g/mol. The van der Waals surface area contributed by atoms with E-state index in [0.29, 0.717) is 23.8 Å². The average molecular weight is 309 g/mol. The van der Waals surface area contributed by atoms with E-state index in [2.05, 4.69) is 28.9 Å². The lowest BCUT2D eigenvalue weighted by molar-refractivity contribution is -0.117. The maximum atomic E-state index is 11.0. The molecule has 4 fully saturated rings. The highest BCUT2D eigenvalue weighted by atomic mass is 16.3. The second kappa shape index (κ2) is 4.46. The van der Waals surface area contributed by atoms with Crippen LogP contribution in [0, 0.1) is 11.8 Å². The third-order valence-corrected chi connectivity index (χ3v) is 6.59. The minimum Gasteiger partial charge on any atom is -0.399 e. The third kappa shape index (κ3) is 1.76. The molecule has 1 aliphatic carbocycles. The summed E-state index contributed by atoms with van der Waals surface area (Å²) in [5, 5.41) is 12.2. The molecule has 1 saturated carbocycles. The Labute approximate surface area is 136 Å². The van der Waals surface area contributed by atoms with Crippen molar-refractivity contribution < 1.29 is 5.11 Å². The lowest BCUT2D eigenvalue weighted by Crippen LogP contribution is -2.59. The topological polar surface area (TPSA) is 62.4 Å². The number of aliphatic hydroxyl groups is 1. The van der Waals surface area contributed by atoms with E-state index < -0.39 is 5.60 Å². The lowest BCUT2D eigenvalue weighted by atomic mass is 9.73. The van der Waals surface area contributed by atoms with Gasteiger partial charge in [0.15, 0.2) is 0 Å². The Morgan fingerprint density at radius 3 is 3.09 bits per heavy atom. The minimum atomic E-state index is -0.490. The number of anilines is 1. The van der Waals surface area contributed by atoms with Gasteiger partial charge in [0.1, 0.15) is 0 Å². The SMILES string of the molecule is CCC1(O)CN2CCC1C1C2[C@@H]1c1ccnc2ccc(N)cc12. The fourth-order valence-electron chi connectivity index (χ4n) is 5.44. The molecule has 2 bridgehead atoms. The van der Waals surface area contributed by atoms with Gasteiger partial charge in [-0.05, 0) is 61.1 Å². The van der Waals surface area contributed by atoms with Crippen molar-refractivity contribution in [3.05, 3.63) is 36.0 Å². The number of rotatable bonds is 2. The van der Waals surface area contributed by atoms with E-state index in [4.69, 9.17) is 5.73 Å². The monoisotopic (exact) mass is 309 g/mol. The van der Waals surface area contributed by atoms with Gasteiger partial charge in [0.25, 0.3) is 0 Å². The molecule has 2 aromatic rings. The number of nitrogens with two attached hydrogens (primary N) is 1. The summed E-state index contributed by atoms with van der Waals surface area (Å²) in [6, 6.07) is 8.76. The van der Waals surface area contributed by atoms with E-state index in [1.54, 1.807) is 0 Å². The highest BCUT2D eigenvalue weighted by molar-refractivity contribution is 5.86. The largest absolute Gasteiger partial charge is 0.399 e. The van der Waals surface area contributed by atoms with Crippen LogP contribution in [0.15, 0.2) is 30.5 Å².